The van der Waals surface area contributed by atoms with Gasteiger partial charge in [-0.05, 0) is 36.9 Å². The summed E-state index contributed by atoms with van der Waals surface area (Å²) in [4.78, 5) is 17.7. The summed E-state index contributed by atoms with van der Waals surface area (Å²) < 4.78 is 24.7. The van der Waals surface area contributed by atoms with E-state index >= 15 is 0 Å². The number of sulfone groups is 1. The molecule has 0 aliphatic carbocycles. The Labute approximate surface area is 164 Å². The molecule has 2 heterocycles. The Bertz CT molecular complexity index is 990. The quantitative estimate of drug-likeness (QED) is 0.581. The van der Waals surface area contributed by atoms with Crippen molar-refractivity contribution in [1.82, 2.24) is 4.90 Å². The Morgan fingerprint density at radius 2 is 1.81 bits per heavy atom. The van der Waals surface area contributed by atoms with E-state index in [4.69, 9.17) is 0 Å². The van der Waals surface area contributed by atoms with Crippen LogP contribution in [0.2, 0.25) is 0 Å². The first-order valence-corrected chi connectivity index (χ1v) is 11.9. The number of aryl methyl sites for hydroxylation is 1. The standard InChI is InChI=1S/C20H22N2O3S2/c1-14-5-3-6-15(9-14)11-21-18-12-27(24,25)13-19(18)22(20(21)23)16-7-4-8-17(10-16)26-2/h3-10,18-19H,11-13H2,1-2H3/t18-,19+/m0/s1. The lowest BCUT2D eigenvalue weighted by atomic mass is 10.1. The second kappa shape index (κ2) is 6.87. The lowest BCUT2D eigenvalue weighted by molar-refractivity contribution is 0.206. The molecule has 0 N–H and O–H groups in total. The molecule has 5 nitrogen and oxygen atoms in total. The maximum atomic E-state index is 13.3. The third-order valence-electron chi connectivity index (χ3n) is 5.24. The van der Waals surface area contributed by atoms with Gasteiger partial charge in [0.1, 0.15) is 0 Å². The van der Waals surface area contributed by atoms with Gasteiger partial charge in [-0.2, -0.15) is 0 Å². The van der Waals surface area contributed by atoms with Gasteiger partial charge in [0.2, 0.25) is 0 Å². The minimum Gasteiger partial charge on any atom is -0.314 e. The van der Waals surface area contributed by atoms with Crippen molar-refractivity contribution in [2.45, 2.75) is 30.4 Å². The molecule has 7 heteroatoms. The first-order chi connectivity index (χ1) is 12.9. The van der Waals surface area contributed by atoms with Crippen LogP contribution in [-0.4, -0.2) is 49.2 Å². The SMILES string of the molecule is CSc1cccc(N2C(=O)N(Cc3cccc(C)c3)[C@H]3CS(=O)(=O)C[C@H]32)c1. The Balaban J connectivity index is 1.71. The molecule has 2 atom stereocenters. The summed E-state index contributed by atoms with van der Waals surface area (Å²) in [6.45, 7) is 2.44. The van der Waals surface area contributed by atoms with Crippen molar-refractivity contribution in [3.8, 4) is 0 Å². The number of amides is 2. The molecule has 2 fully saturated rings. The predicted octanol–water partition coefficient (Wildman–Crippen LogP) is 3.32. The van der Waals surface area contributed by atoms with Crippen molar-refractivity contribution in [3.63, 3.8) is 0 Å². The second-order valence-corrected chi connectivity index (χ2v) is 10.2. The Morgan fingerprint density at radius 3 is 2.56 bits per heavy atom. The van der Waals surface area contributed by atoms with E-state index in [0.29, 0.717) is 6.54 Å². The number of hydrogen-bond donors (Lipinski definition) is 0. The molecule has 0 aromatic heterocycles. The topological polar surface area (TPSA) is 57.7 Å². The lowest BCUT2D eigenvalue weighted by Crippen LogP contribution is -2.37. The zero-order chi connectivity index (χ0) is 19.2. The molecule has 0 radical (unpaired) electrons. The monoisotopic (exact) mass is 402 g/mol. The molecule has 0 unspecified atom stereocenters. The van der Waals surface area contributed by atoms with E-state index in [1.54, 1.807) is 21.6 Å². The highest BCUT2D eigenvalue weighted by Crippen LogP contribution is 2.37. The molecule has 142 valence electrons. The number of carbonyl (C=O) groups is 1. The number of benzene rings is 2. The van der Waals surface area contributed by atoms with Gasteiger partial charge in [-0.1, -0.05) is 35.9 Å². The normalized spacial score (nSPS) is 23.7. The third-order valence-corrected chi connectivity index (χ3v) is 7.67. The first-order valence-electron chi connectivity index (χ1n) is 8.88. The van der Waals surface area contributed by atoms with Gasteiger partial charge in [0.05, 0.1) is 23.6 Å². The van der Waals surface area contributed by atoms with Crippen LogP contribution in [0, 0.1) is 6.92 Å². The van der Waals surface area contributed by atoms with Crippen LogP contribution in [0.3, 0.4) is 0 Å². The summed E-state index contributed by atoms with van der Waals surface area (Å²) in [7, 11) is -3.16. The average Bonchev–Trinajstić information content (AvgIpc) is 3.06. The van der Waals surface area contributed by atoms with Crippen molar-refractivity contribution in [3.05, 3.63) is 59.7 Å². The molecule has 2 aromatic rings. The van der Waals surface area contributed by atoms with Crippen LogP contribution in [0.1, 0.15) is 11.1 Å². The van der Waals surface area contributed by atoms with Gasteiger partial charge in [-0.25, -0.2) is 13.2 Å². The molecule has 2 amide bonds. The zero-order valence-electron chi connectivity index (χ0n) is 15.3. The molecule has 0 bridgehead atoms. The Hall–Kier alpha value is -1.99. The fourth-order valence-corrected chi connectivity index (χ4v) is 6.43. The van der Waals surface area contributed by atoms with Crippen LogP contribution in [-0.2, 0) is 16.4 Å². The van der Waals surface area contributed by atoms with Gasteiger partial charge in [0, 0.05) is 17.1 Å². The van der Waals surface area contributed by atoms with Crippen molar-refractivity contribution in [2.24, 2.45) is 0 Å². The first kappa shape index (κ1) is 18.4. The number of thioether (sulfide) groups is 1. The molecule has 4 rings (SSSR count). The molecule has 2 aliphatic rings. The summed E-state index contributed by atoms with van der Waals surface area (Å²) in [6, 6.07) is 15.0. The summed E-state index contributed by atoms with van der Waals surface area (Å²) in [6.07, 6.45) is 1.98. The highest BCUT2D eigenvalue weighted by molar-refractivity contribution is 7.98. The van der Waals surface area contributed by atoms with Gasteiger partial charge in [-0.15, -0.1) is 11.8 Å². The number of nitrogens with zero attached hydrogens (tertiary/aromatic N) is 2. The zero-order valence-corrected chi connectivity index (χ0v) is 17.0. The number of anilines is 1. The van der Waals surface area contributed by atoms with Crippen molar-refractivity contribution < 1.29 is 13.2 Å². The van der Waals surface area contributed by atoms with Crippen LogP contribution in [0.15, 0.2) is 53.4 Å². The average molecular weight is 403 g/mol. The number of urea groups is 1. The molecular weight excluding hydrogens is 380 g/mol. The minimum absolute atomic E-state index is 0.0250. The van der Waals surface area contributed by atoms with Crippen LogP contribution >= 0.6 is 11.8 Å². The molecular formula is C20H22N2O3S2. The van der Waals surface area contributed by atoms with Crippen LogP contribution in [0.4, 0.5) is 10.5 Å². The maximum absolute atomic E-state index is 13.3. The van der Waals surface area contributed by atoms with Gasteiger partial charge in [-0.3, -0.25) is 4.90 Å². The van der Waals surface area contributed by atoms with Gasteiger partial charge in [0.15, 0.2) is 9.84 Å². The third kappa shape index (κ3) is 3.46. The summed E-state index contributed by atoms with van der Waals surface area (Å²) in [5.74, 6) is 0.0607. The molecule has 0 saturated carbocycles. The van der Waals surface area contributed by atoms with E-state index in [1.807, 2.05) is 61.7 Å². The minimum atomic E-state index is -3.16. The largest absolute Gasteiger partial charge is 0.325 e. The Kier molecular flexibility index (Phi) is 4.68. The fraction of sp³-hybridized carbons (Fsp3) is 0.350. The molecule has 27 heavy (non-hydrogen) atoms. The van der Waals surface area contributed by atoms with E-state index in [1.165, 1.54) is 0 Å². The highest BCUT2D eigenvalue weighted by Gasteiger charge is 2.53. The van der Waals surface area contributed by atoms with Crippen molar-refractivity contribution in [2.75, 3.05) is 22.7 Å². The number of rotatable bonds is 4. The maximum Gasteiger partial charge on any atom is 0.325 e. The van der Waals surface area contributed by atoms with E-state index in [9.17, 15) is 13.2 Å². The van der Waals surface area contributed by atoms with Gasteiger partial charge < -0.3 is 4.90 Å². The van der Waals surface area contributed by atoms with Gasteiger partial charge in [0.25, 0.3) is 0 Å². The van der Waals surface area contributed by atoms with E-state index in [0.717, 1.165) is 21.7 Å². The van der Waals surface area contributed by atoms with Crippen molar-refractivity contribution >= 4 is 33.3 Å². The smallest absolute Gasteiger partial charge is 0.314 e. The fourth-order valence-electron chi connectivity index (χ4n) is 4.03. The Morgan fingerprint density at radius 1 is 1.07 bits per heavy atom. The highest BCUT2D eigenvalue weighted by atomic mass is 32.2. The van der Waals surface area contributed by atoms with Gasteiger partial charge >= 0.3 is 6.03 Å². The number of fused-ring (bicyclic) bond motifs is 1. The second-order valence-electron chi connectivity index (χ2n) is 7.18. The van der Waals surface area contributed by atoms with Crippen LogP contribution < -0.4 is 4.90 Å². The lowest BCUT2D eigenvalue weighted by Gasteiger charge is -2.23. The van der Waals surface area contributed by atoms with E-state index < -0.39 is 9.84 Å². The van der Waals surface area contributed by atoms with E-state index in [2.05, 4.69) is 0 Å². The molecule has 2 aromatic carbocycles. The molecule has 0 spiro atoms. The van der Waals surface area contributed by atoms with Crippen LogP contribution in [0.5, 0.6) is 0 Å². The number of hydrogen-bond acceptors (Lipinski definition) is 4. The summed E-state index contributed by atoms with van der Waals surface area (Å²) >= 11 is 1.60. The van der Waals surface area contributed by atoms with Crippen molar-refractivity contribution in [1.29, 1.82) is 0 Å². The predicted molar refractivity (Wildman–Crippen MR) is 109 cm³/mol. The summed E-state index contributed by atoms with van der Waals surface area (Å²) in [5, 5.41) is 0. The van der Waals surface area contributed by atoms with Crippen LogP contribution in [0.25, 0.3) is 0 Å². The van der Waals surface area contributed by atoms with E-state index in [-0.39, 0.29) is 29.6 Å². The summed E-state index contributed by atoms with van der Waals surface area (Å²) in [5.41, 5.74) is 2.91. The molecule has 2 saturated heterocycles. The number of carbonyl (C=O) groups excluding carboxylic acids is 1. The molecule has 2 aliphatic heterocycles.